The molecule has 2 aromatic carbocycles. The van der Waals surface area contributed by atoms with E-state index in [1.54, 1.807) is 6.07 Å². The zero-order valence-corrected chi connectivity index (χ0v) is 21.1. The third-order valence-electron chi connectivity index (χ3n) is 7.48. The van der Waals surface area contributed by atoms with Crippen molar-refractivity contribution in [2.24, 2.45) is 0 Å². The summed E-state index contributed by atoms with van der Waals surface area (Å²) in [5.41, 5.74) is 6.42. The fourth-order valence-corrected chi connectivity index (χ4v) is 5.01. The lowest BCUT2D eigenvalue weighted by atomic mass is 9.62. The van der Waals surface area contributed by atoms with Gasteiger partial charge in [-0.25, -0.2) is 0 Å². The van der Waals surface area contributed by atoms with Gasteiger partial charge in [0.15, 0.2) is 5.76 Å². The summed E-state index contributed by atoms with van der Waals surface area (Å²) in [6, 6.07) is 18.5. The molecule has 1 aliphatic rings. The standard InChI is InChI=1S/C30H37NO2/c1-20-17-24-25(29(4,5)16-15-28(24,2)3)19-21(20)18-23-13-14-26(33-23)27(32)31-30(6,7)22-11-9-8-10-12-22/h8-14,17,19H,15-16,18H2,1-7H3,(H,31,32). The molecule has 0 aliphatic heterocycles. The minimum atomic E-state index is -0.487. The molecule has 1 heterocycles. The molecular formula is C30H37NO2. The first kappa shape index (κ1) is 23.4. The summed E-state index contributed by atoms with van der Waals surface area (Å²) in [5.74, 6) is 0.972. The first-order valence-electron chi connectivity index (χ1n) is 12.0. The molecule has 0 saturated heterocycles. The van der Waals surface area contributed by atoms with E-state index in [0.717, 1.165) is 11.3 Å². The Hall–Kier alpha value is -2.81. The molecule has 33 heavy (non-hydrogen) atoms. The molecule has 0 bridgehead atoms. The van der Waals surface area contributed by atoms with Gasteiger partial charge in [-0.05, 0) is 84.4 Å². The molecule has 3 nitrogen and oxygen atoms in total. The zero-order chi connectivity index (χ0) is 24.0. The average Bonchev–Trinajstić information content (AvgIpc) is 3.22. The van der Waals surface area contributed by atoms with E-state index in [2.05, 4.69) is 52.1 Å². The van der Waals surface area contributed by atoms with Gasteiger partial charge in [0.25, 0.3) is 5.91 Å². The molecule has 0 unspecified atom stereocenters. The fraction of sp³-hybridized carbons (Fsp3) is 0.433. The number of aryl methyl sites for hydroxylation is 1. The highest BCUT2D eigenvalue weighted by atomic mass is 16.3. The number of hydrogen-bond donors (Lipinski definition) is 1. The second-order valence-corrected chi connectivity index (χ2v) is 11.5. The molecular weight excluding hydrogens is 406 g/mol. The number of nitrogens with one attached hydrogen (secondary N) is 1. The molecule has 174 valence electrons. The number of benzene rings is 2. The maximum Gasteiger partial charge on any atom is 0.287 e. The van der Waals surface area contributed by atoms with Gasteiger partial charge < -0.3 is 9.73 Å². The van der Waals surface area contributed by atoms with E-state index in [9.17, 15) is 4.79 Å². The Labute approximate surface area is 198 Å². The molecule has 4 rings (SSSR count). The second-order valence-electron chi connectivity index (χ2n) is 11.5. The minimum absolute atomic E-state index is 0.171. The molecule has 1 N–H and O–H groups in total. The highest BCUT2D eigenvalue weighted by Gasteiger charge is 2.37. The summed E-state index contributed by atoms with van der Waals surface area (Å²) in [4.78, 5) is 12.9. The van der Waals surface area contributed by atoms with Gasteiger partial charge in [0.05, 0.1) is 5.54 Å². The number of fused-ring (bicyclic) bond motifs is 1. The fourth-order valence-electron chi connectivity index (χ4n) is 5.01. The Morgan fingerprint density at radius 1 is 0.939 bits per heavy atom. The van der Waals surface area contributed by atoms with Gasteiger partial charge in [0, 0.05) is 6.42 Å². The molecule has 3 heteroatoms. The molecule has 0 atom stereocenters. The predicted octanol–water partition coefficient (Wildman–Crippen LogP) is 7.19. The van der Waals surface area contributed by atoms with Gasteiger partial charge >= 0.3 is 0 Å². The first-order valence-corrected chi connectivity index (χ1v) is 12.0. The van der Waals surface area contributed by atoms with Crippen LogP contribution in [0.4, 0.5) is 0 Å². The lowest BCUT2D eigenvalue weighted by Gasteiger charge is -2.42. The Bertz CT molecular complexity index is 1170. The Morgan fingerprint density at radius 3 is 2.18 bits per heavy atom. The average molecular weight is 444 g/mol. The summed E-state index contributed by atoms with van der Waals surface area (Å²) >= 11 is 0. The largest absolute Gasteiger partial charge is 0.456 e. The SMILES string of the molecule is Cc1cc2c(cc1Cc1ccc(C(=O)NC(C)(C)c3ccccc3)o1)C(C)(C)CCC2(C)C. The van der Waals surface area contributed by atoms with Crippen LogP contribution in [0, 0.1) is 6.92 Å². The van der Waals surface area contributed by atoms with Crippen LogP contribution in [-0.4, -0.2) is 5.91 Å². The van der Waals surface area contributed by atoms with Crippen LogP contribution in [0.15, 0.2) is 59.0 Å². The minimum Gasteiger partial charge on any atom is -0.456 e. The van der Waals surface area contributed by atoms with Crippen molar-refractivity contribution in [1.29, 1.82) is 0 Å². The van der Waals surface area contributed by atoms with Crippen molar-refractivity contribution in [3.63, 3.8) is 0 Å². The van der Waals surface area contributed by atoms with E-state index >= 15 is 0 Å². The Kier molecular flexibility index (Phi) is 5.80. The summed E-state index contributed by atoms with van der Waals surface area (Å²) in [7, 11) is 0. The molecule has 1 aromatic heterocycles. The van der Waals surface area contributed by atoms with Crippen LogP contribution in [0.25, 0.3) is 0 Å². The van der Waals surface area contributed by atoms with Crippen molar-refractivity contribution in [2.75, 3.05) is 0 Å². The van der Waals surface area contributed by atoms with Gasteiger partial charge in [0.1, 0.15) is 5.76 Å². The van der Waals surface area contributed by atoms with Crippen molar-refractivity contribution in [3.05, 3.63) is 93.9 Å². The number of amides is 1. The van der Waals surface area contributed by atoms with Gasteiger partial charge in [-0.2, -0.15) is 0 Å². The van der Waals surface area contributed by atoms with E-state index in [1.807, 2.05) is 50.2 Å². The molecule has 1 amide bonds. The molecule has 0 fully saturated rings. The quantitative estimate of drug-likeness (QED) is 0.453. The van der Waals surface area contributed by atoms with Gasteiger partial charge in [-0.3, -0.25) is 4.79 Å². The third-order valence-corrected chi connectivity index (χ3v) is 7.48. The molecule has 3 aromatic rings. The normalized spacial score (nSPS) is 16.8. The summed E-state index contributed by atoms with van der Waals surface area (Å²) < 4.78 is 6.01. The van der Waals surface area contributed by atoms with Crippen LogP contribution in [0.1, 0.15) is 98.5 Å². The molecule has 0 saturated carbocycles. The summed E-state index contributed by atoms with van der Waals surface area (Å²) in [6.07, 6.45) is 3.09. The molecule has 0 spiro atoms. The van der Waals surface area contributed by atoms with E-state index < -0.39 is 5.54 Å². The first-order chi connectivity index (χ1) is 15.4. The lowest BCUT2D eigenvalue weighted by molar-refractivity contribution is 0.0882. The van der Waals surface area contributed by atoms with Crippen molar-refractivity contribution in [1.82, 2.24) is 5.32 Å². The highest BCUT2D eigenvalue weighted by molar-refractivity contribution is 5.92. The number of carbonyl (C=O) groups excluding carboxylic acids is 1. The summed E-state index contributed by atoms with van der Waals surface area (Å²) in [5, 5.41) is 3.11. The van der Waals surface area contributed by atoms with E-state index in [4.69, 9.17) is 4.42 Å². The van der Waals surface area contributed by atoms with Crippen molar-refractivity contribution < 1.29 is 9.21 Å². The Balaban J connectivity index is 1.55. The van der Waals surface area contributed by atoms with Crippen molar-refractivity contribution in [3.8, 4) is 0 Å². The van der Waals surface area contributed by atoms with Crippen LogP contribution in [0.2, 0.25) is 0 Å². The predicted molar refractivity (Wildman–Crippen MR) is 135 cm³/mol. The van der Waals surface area contributed by atoms with Gasteiger partial charge in [-0.15, -0.1) is 0 Å². The van der Waals surface area contributed by atoms with Crippen LogP contribution < -0.4 is 5.32 Å². The van der Waals surface area contributed by atoms with Crippen molar-refractivity contribution >= 4 is 5.91 Å². The van der Waals surface area contributed by atoms with Crippen LogP contribution >= 0.6 is 0 Å². The van der Waals surface area contributed by atoms with E-state index in [1.165, 1.54) is 35.1 Å². The topological polar surface area (TPSA) is 42.2 Å². The van der Waals surface area contributed by atoms with Crippen LogP contribution in [-0.2, 0) is 22.8 Å². The van der Waals surface area contributed by atoms with E-state index in [-0.39, 0.29) is 16.7 Å². The maximum atomic E-state index is 12.9. The summed E-state index contributed by atoms with van der Waals surface area (Å²) in [6.45, 7) is 15.6. The lowest BCUT2D eigenvalue weighted by Crippen LogP contribution is -2.40. The highest BCUT2D eigenvalue weighted by Crippen LogP contribution is 2.46. The van der Waals surface area contributed by atoms with Gasteiger partial charge in [-0.1, -0.05) is 70.2 Å². The zero-order valence-electron chi connectivity index (χ0n) is 21.1. The Morgan fingerprint density at radius 2 is 1.55 bits per heavy atom. The van der Waals surface area contributed by atoms with Gasteiger partial charge in [0.2, 0.25) is 0 Å². The smallest absolute Gasteiger partial charge is 0.287 e. The van der Waals surface area contributed by atoms with Crippen LogP contribution in [0.5, 0.6) is 0 Å². The third kappa shape index (κ3) is 4.64. The number of furan rings is 1. The number of hydrogen-bond acceptors (Lipinski definition) is 2. The maximum absolute atomic E-state index is 12.9. The monoisotopic (exact) mass is 443 g/mol. The van der Waals surface area contributed by atoms with Crippen molar-refractivity contribution in [2.45, 2.75) is 84.1 Å². The van der Waals surface area contributed by atoms with Crippen LogP contribution in [0.3, 0.4) is 0 Å². The number of rotatable bonds is 5. The second kappa shape index (κ2) is 8.20. The number of carbonyl (C=O) groups is 1. The van der Waals surface area contributed by atoms with E-state index in [0.29, 0.717) is 12.2 Å². The molecule has 1 aliphatic carbocycles. The molecule has 0 radical (unpaired) electrons.